The molecule has 0 amide bonds. The molecule has 3 nitrogen and oxygen atoms in total. The van der Waals surface area contributed by atoms with Crippen molar-refractivity contribution in [2.45, 2.75) is 12.1 Å². The van der Waals surface area contributed by atoms with Gasteiger partial charge in [0, 0.05) is 5.56 Å². The predicted molar refractivity (Wildman–Crippen MR) is 70.1 cm³/mol. The Kier molecular flexibility index (Phi) is 3.86. The van der Waals surface area contributed by atoms with E-state index in [0.717, 1.165) is 11.3 Å². The first-order chi connectivity index (χ1) is 8.20. The van der Waals surface area contributed by atoms with Crippen LogP contribution in [-0.4, -0.2) is 16.2 Å². The Morgan fingerprint density at radius 2 is 1.88 bits per heavy atom. The van der Waals surface area contributed by atoms with E-state index in [-0.39, 0.29) is 0 Å². The maximum Gasteiger partial charge on any atom is 0.227 e. The highest BCUT2D eigenvalue weighted by Crippen LogP contribution is 2.28. The summed E-state index contributed by atoms with van der Waals surface area (Å²) in [7, 11) is 0. The molecule has 0 aliphatic heterocycles. The van der Waals surface area contributed by atoms with Gasteiger partial charge in [-0.1, -0.05) is 41.6 Å². The van der Waals surface area contributed by atoms with Crippen LogP contribution in [0.5, 0.6) is 11.6 Å². The minimum Gasteiger partial charge on any atom is -0.439 e. The minimum absolute atomic E-state index is 0.426. The Morgan fingerprint density at radius 3 is 2.53 bits per heavy atom. The van der Waals surface area contributed by atoms with E-state index >= 15 is 0 Å². The van der Waals surface area contributed by atoms with Crippen molar-refractivity contribution in [1.29, 1.82) is 0 Å². The molecular formula is C12H11ClN2OS. The van der Waals surface area contributed by atoms with Gasteiger partial charge in [0.1, 0.15) is 10.9 Å². The highest BCUT2D eigenvalue weighted by molar-refractivity contribution is 7.98. The lowest BCUT2D eigenvalue weighted by atomic mass is 10.3. The van der Waals surface area contributed by atoms with Crippen LogP contribution >= 0.6 is 23.4 Å². The smallest absolute Gasteiger partial charge is 0.227 e. The van der Waals surface area contributed by atoms with Crippen molar-refractivity contribution < 1.29 is 4.74 Å². The zero-order valence-corrected chi connectivity index (χ0v) is 11.0. The first-order valence-electron chi connectivity index (χ1n) is 5.01. The molecule has 0 bridgehead atoms. The zero-order valence-electron chi connectivity index (χ0n) is 9.48. The summed E-state index contributed by atoms with van der Waals surface area (Å²) in [5.41, 5.74) is 0.744. The summed E-state index contributed by atoms with van der Waals surface area (Å²) in [5.74, 6) is 1.23. The molecule has 1 heterocycles. The molecule has 1 aromatic carbocycles. The Bertz CT molecular complexity index is 519. The van der Waals surface area contributed by atoms with E-state index in [1.165, 1.54) is 11.8 Å². The van der Waals surface area contributed by atoms with E-state index in [1.807, 2.05) is 43.5 Å². The van der Waals surface area contributed by atoms with Gasteiger partial charge >= 0.3 is 0 Å². The van der Waals surface area contributed by atoms with Crippen LogP contribution in [0.4, 0.5) is 0 Å². The van der Waals surface area contributed by atoms with Crippen molar-refractivity contribution in [3.63, 3.8) is 0 Å². The molecule has 1 aromatic heterocycles. The van der Waals surface area contributed by atoms with Crippen molar-refractivity contribution in [2.75, 3.05) is 6.26 Å². The summed E-state index contributed by atoms with van der Waals surface area (Å²) < 4.78 is 5.68. The molecule has 0 spiro atoms. The quantitative estimate of drug-likeness (QED) is 0.479. The fraction of sp³-hybridized carbons (Fsp3) is 0.167. The molecule has 0 unspecified atom stereocenters. The fourth-order valence-electron chi connectivity index (χ4n) is 1.24. The number of hydrogen-bond donors (Lipinski definition) is 0. The number of hydrogen-bond acceptors (Lipinski definition) is 4. The van der Waals surface area contributed by atoms with Crippen LogP contribution in [0.3, 0.4) is 0 Å². The standard InChI is InChI=1S/C12H11ClN2OS/c1-8-10(13)14-12(17-2)15-11(8)16-9-6-4-3-5-7-9/h3-7H,1-2H3. The topological polar surface area (TPSA) is 35.0 Å². The maximum atomic E-state index is 6.02. The summed E-state index contributed by atoms with van der Waals surface area (Å²) in [5, 5.41) is 1.03. The van der Waals surface area contributed by atoms with E-state index in [0.29, 0.717) is 16.2 Å². The Hall–Kier alpha value is -1.26. The first-order valence-corrected chi connectivity index (χ1v) is 6.62. The van der Waals surface area contributed by atoms with Gasteiger partial charge in [-0.25, -0.2) is 4.98 Å². The van der Waals surface area contributed by atoms with E-state index in [4.69, 9.17) is 16.3 Å². The van der Waals surface area contributed by atoms with Crippen LogP contribution in [0.15, 0.2) is 35.5 Å². The highest BCUT2D eigenvalue weighted by Gasteiger charge is 2.10. The molecule has 0 saturated heterocycles. The van der Waals surface area contributed by atoms with Crippen molar-refractivity contribution in [1.82, 2.24) is 9.97 Å². The number of thioether (sulfide) groups is 1. The molecule has 0 aliphatic rings. The SMILES string of the molecule is CSc1nc(Cl)c(C)c(Oc2ccccc2)n1. The third-order valence-electron chi connectivity index (χ3n) is 2.16. The zero-order chi connectivity index (χ0) is 12.3. The summed E-state index contributed by atoms with van der Waals surface area (Å²) in [6, 6.07) is 9.48. The van der Waals surface area contributed by atoms with E-state index in [2.05, 4.69) is 9.97 Å². The lowest BCUT2D eigenvalue weighted by Crippen LogP contribution is -1.96. The van der Waals surface area contributed by atoms with Gasteiger partial charge in [-0.05, 0) is 25.3 Å². The second-order valence-electron chi connectivity index (χ2n) is 3.35. The normalized spacial score (nSPS) is 10.3. The molecule has 88 valence electrons. The minimum atomic E-state index is 0.426. The van der Waals surface area contributed by atoms with Crippen LogP contribution in [0, 0.1) is 6.92 Å². The second-order valence-corrected chi connectivity index (χ2v) is 4.48. The number of aromatic nitrogens is 2. The molecular weight excluding hydrogens is 256 g/mol. The van der Waals surface area contributed by atoms with Gasteiger partial charge < -0.3 is 4.74 Å². The molecule has 0 atom stereocenters. The van der Waals surface area contributed by atoms with Gasteiger partial charge in [0.15, 0.2) is 5.16 Å². The van der Waals surface area contributed by atoms with Crippen molar-refractivity contribution >= 4 is 23.4 Å². The maximum absolute atomic E-state index is 6.02. The average molecular weight is 267 g/mol. The van der Waals surface area contributed by atoms with Crippen LogP contribution in [0.2, 0.25) is 5.15 Å². The number of benzene rings is 1. The van der Waals surface area contributed by atoms with Gasteiger partial charge in [-0.15, -0.1) is 0 Å². The monoisotopic (exact) mass is 266 g/mol. The highest BCUT2D eigenvalue weighted by atomic mass is 35.5. The number of halogens is 1. The Balaban J connectivity index is 2.35. The molecule has 0 aliphatic carbocycles. The summed E-state index contributed by atoms with van der Waals surface area (Å²) >= 11 is 7.45. The van der Waals surface area contributed by atoms with Gasteiger partial charge in [-0.3, -0.25) is 0 Å². The van der Waals surface area contributed by atoms with Gasteiger partial charge in [0.2, 0.25) is 5.88 Å². The van der Waals surface area contributed by atoms with Crippen LogP contribution in [0.1, 0.15) is 5.56 Å². The first kappa shape index (κ1) is 12.2. The van der Waals surface area contributed by atoms with E-state index in [9.17, 15) is 0 Å². The average Bonchev–Trinajstić information content (AvgIpc) is 2.36. The molecule has 2 rings (SSSR count). The summed E-state index contributed by atoms with van der Waals surface area (Å²) in [4.78, 5) is 8.42. The third-order valence-corrected chi connectivity index (χ3v) is 3.08. The summed E-state index contributed by atoms with van der Waals surface area (Å²) in [6.45, 7) is 1.84. The van der Waals surface area contributed by atoms with Gasteiger partial charge in [-0.2, -0.15) is 4.98 Å². The number of para-hydroxylation sites is 1. The van der Waals surface area contributed by atoms with Crippen LogP contribution < -0.4 is 4.74 Å². The largest absolute Gasteiger partial charge is 0.439 e. The fourth-order valence-corrected chi connectivity index (χ4v) is 1.81. The Labute approximate surface area is 109 Å². The molecule has 0 saturated carbocycles. The van der Waals surface area contributed by atoms with E-state index in [1.54, 1.807) is 0 Å². The van der Waals surface area contributed by atoms with E-state index < -0.39 is 0 Å². The second kappa shape index (κ2) is 5.38. The molecule has 0 N–H and O–H groups in total. The van der Waals surface area contributed by atoms with Gasteiger partial charge in [0.05, 0.1) is 0 Å². The molecule has 5 heteroatoms. The van der Waals surface area contributed by atoms with Crippen molar-refractivity contribution in [3.05, 3.63) is 41.0 Å². The molecule has 0 radical (unpaired) electrons. The van der Waals surface area contributed by atoms with Gasteiger partial charge in [0.25, 0.3) is 0 Å². The van der Waals surface area contributed by atoms with Crippen molar-refractivity contribution in [3.8, 4) is 11.6 Å². The number of nitrogens with zero attached hydrogens (tertiary/aromatic N) is 2. The van der Waals surface area contributed by atoms with Crippen molar-refractivity contribution in [2.24, 2.45) is 0 Å². The Morgan fingerprint density at radius 1 is 1.18 bits per heavy atom. The van der Waals surface area contributed by atoms with Crippen LogP contribution in [-0.2, 0) is 0 Å². The molecule has 0 fully saturated rings. The predicted octanol–water partition coefficient (Wildman–Crippen LogP) is 3.95. The number of ether oxygens (including phenoxy) is 1. The van der Waals surface area contributed by atoms with Crippen LogP contribution in [0.25, 0.3) is 0 Å². The third kappa shape index (κ3) is 2.90. The molecule has 17 heavy (non-hydrogen) atoms. The molecule has 2 aromatic rings. The lowest BCUT2D eigenvalue weighted by molar-refractivity contribution is 0.451. The number of rotatable bonds is 3. The summed E-state index contributed by atoms with van der Waals surface area (Å²) in [6.07, 6.45) is 1.90. The lowest BCUT2D eigenvalue weighted by Gasteiger charge is -2.09.